The number of rotatable bonds is 10. The first-order chi connectivity index (χ1) is 16.7. The third-order valence-corrected chi connectivity index (χ3v) is 7.36. The summed E-state index contributed by atoms with van der Waals surface area (Å²) >= 11 is 5.85. The highest BCUT2D eigenvalue weighted by molar-refractivity contribution is 7.80. The van der Waals surface area contributed by atoms with Crippen molar-refractivity contribution in [1.29, 1.82) is 0 Å². The molecule has 3 aromatic carbocycles. The average Bonchev–Trinajstić information content (AvgIpc) is 2.90. The Bertz CT molecular complexity index is 1060. The van der Waals surface area contributed by atoms with E-state index in [9.17, 15) is 0 Å². The number of benzene rings is 3. The van der Waals surface area contributed by atoms with Gasteiger partial charge in [-0.2, -0.15) is 0 Å². The van der Waals surface area contributed by atoms with E-state index in [0.717, 1.165) is 37.4 Å². The zero-order chi connectivity index (χ0) is 23.6. The van der Waals surface area contributed by atoms with Crippen LogP contribution in [0.15, 0.2) is 84.9 Å². The maximum absolute atomic E-state index is 5.85. The van der Waals surface area contributed by atoms with Gasteiger partial charge in [0.25, 0.3) is 0 Å². The van der Waals surface area contributed by atoms with Gasteiger partial charge < -0.3 is 4.74 Å². The Morgan fingerprint density at radius 1 is 0.735 bits per heavy atom. The van der Waals surface area contributed by atoms with Gasteiger partial charge in [0.2, 0.25) is 0 Å². The van der Waals surface area contributed by atoms with Gasteiger partial charge in [0.15, 0.2) is 0 Å². The number of thiocarbonyl (C=S) groups is 1. The summed E-state index contributed by atoms with van der Waals surface area (Å²) in [5, 5.41) is 0. The highest BCUT2D eigenvalue weighted by atomic mass is 32.1. The van der Waals surface area contributed by atoms with E-state index in [-0.39, 0.29) is 0 Å². The lowest BCUT2D eigenvalue weighted by atomic mass is 9.84. The molecule has 2 heteroatoms. The smallest absolute Gasteiger partial charge is 0.118 e. The molecule has 176 valence electrons. The molecule has 1 aliphatic rings. The van der Waals surface area contributed by atoms with Gasteiger partial charge in [0.05, 0.1) is 7.11 Å². The molecule has 0 spiro atoms. The van der Waals surface area contributed by atoms with Crippen molar-refractivity contribution in [1.82, 2.24) is 0 Å². The van der Waals surface area contributed by atoms with Crippen LogP contribution in [0.2, 0.25) is 0 Å². The molecule has 0 heterocycles. The maximum atomic E-state index is 5.85. The molecule has 0 unspecified atom stereocenters. The molecule has 0 atom stereocenters. The standard InChI is InChI=1S/C32H36OS/c1-33-29-22-20-28(21-23-29)32(27-16-9-4-10-17-27)31(26-14-7-3-8-15-26)19-11-18-30(34)24-25-12-5-2-6-13-25/h3-4,7-10,14-17,20-23,25H,2,5-6,11-13,18-19,24H2,1H3/b32-31-. The summed E-state index contributed by atoms with van der Waals surface area (Å²) in [4.78, 5) is 1.27. The fourth-order valence-corrected chi connectivity index (χ4v) is 5.59. The van der Waals surface area contributed by atoms with E-state index in [0.29, 0.717) is 0 Å². The van der Waals surface area contributed by atoms with Crippen molar-refractivity contribution in [2.45, 2.75) is 57.8 Å². The van der Waals surface area contributed by atoms with E-state index in [1.165, 1.54) is 64.8 Å². The molecule has 0 amide bonds. The van der Waals surface area contributed by atoms with Crippen LogP contribution in [0.3, 0.4) is 0 Å². The van der Waals surface area contributed by atoms with Crippen molar-refractivity contribution in [3.63, 3.8) is 0 Å². The second-order valence-electron chi connectivity index (χ2n) is 9.41. The van der Waals surface area contributed by atoms with Crippen molar-refractivity contribution in [3.8, 4) is 5.75 Å². The highest BCUT2D eigenvalue weighted by Gasteiger charge is 2.17. The van der Waals surface area contributed by atoms with Crippen LogP contribution < -0.4 is 4.74 Å². The van der Waals surface area contributed by atoms with Crippen LogP contribution in [0.4, 0.5) is 0 Å². The van der Waals surface area contributed by atoms with Crippen LogP contribution in [0.5, 0.6) is 5.75 Å². The third kappa shape index (κ3) is 6.67. The summed E-state index contributed by atoms with van der Waals surface area (Å²) in [7, 11) is 1.72. The van der Waals surface area contributed by atoms with Crippen molar-refractivity contribution in [2.24, 2.45) is 5.92 Å². The van der Waals surface area contributed by atoms with E-state index in [4.69, 9.17) is 17.0 Å². The van der Waals surface area contributed by atoms with Gasteiger partial charge in [-0.3, -0.25) is 0 Å². The van der Waals surface area contributed by atoms with E-state index in [1.807, 2.05) is 0 Å². The largest absolute Gasteiger partial charge is 0.497 e. The van der Waals surface area contributed by atoms with E-state index >= 15 is 0 Å². The van der Waals surface area contributed by atoms with Crippen LogP contribution in [0.1, 0.15) is 74.5 Å². The van der Waals surface area contributed by atoms with Gasteiger partial charge in [0, 0.05) is 0 Å². The summed E-state index contributed by atoms with van der Waals surface area (Å²) in [6, 6.07) is 30.1. The molecule has 0 radical (unpaired) electrons. The summed E-state index contributed by atoms with van der Waals surface area (Å²) in [5.41, 5.74) is 6.44. The average molecular weight is 469 g/mol. The van der Waals surface area contributed by atoms with Crippen molar-refractivity contribution >= 4 is 28.2 Å². The second kappa shape index (κ2) is 12.7. The molecule has 0 aromatic heterocycles. The topological polar surface area (TPSA) is 9.23 Å². The Hall–Kier alpha value is -2.71. The summed E-state index contributed by atoms with van der Waals surface area (Å²) in [5.74, 6) is 1.70. The Morgan fingerprint density at radius 3 is 1.94 bits per heavy atom. The minimum atomic E-state index is 0.824. The number of allylic oxidation sites excluding steroid dienone is 1. The SMILES string of the molecule is COc1ccc(/C(=C(/CCCC(=S)CC2CCCCC2)c2ccccc2)c2ccccc2)cc1. The number of hydrogen-bond acceptors (Lipinski definition) is 2. The number of methoxy groups -OCH3 is 1. The molecule has 1 nitrogen and oxygen atoms in total. The van der Waals surface area contributed by atoms with Crippen molar-refractivity contribution in [2.75, 3.05) is 7.11 Å². The van der Waals surface area contributed by atoms with Crippen LogP contribution in [-0.4, -0.2) is 12.0 Å². The van der Waals surface area contributed by atoms with Crippen molar-refractivity contribution in [3.05, 3.63) is 102 Å². The minimum Gasteiger partial charge on any atom is -0.497 e. The summed E-state index contributed by atoms with van der Waals surface area (Å²) in [6.07, 6.45) is 11.2. The third-order valence-electron chi connectivity index (χ3n) is 6.99. The maximum Gasteiger partial charge on any atom is 0.118 e. The molecule has 1 fully saturated rings. The zero-order valence-electron chi connectivity index (χ0n) is 20.3. The van der Waals surface area contributed by atoms with E-state index < -0.39 is 0 Å². The molecule has 0 bridgehead atoms. The van der Waals surface area contributed by atoms with Crippen LogP contribution >= 0.6 is 12.2 Å². The van der Waals surface area contributed by atoms with E-state index in [2.05, 4.69) is 84.9 Å². The fraction of sp³-hybridized carbons (Fsp3) is 0.344. The van der Waals surface area contributed by atoms with Gasteiger partial charge in [-0.05, 0) is 76.4 Å². The molecular weight excluding hydrogens is 432 g/mol. The molecule has 1 saturated carbocycles. The van der Waals surface area contributed by atoms with Crippen LogP contribution in [-0.2, 0) is 0 Å². The Kier molecular flexibility index (Phi) is 9.10. The predicted molar refractivity (Wildman–Crippen MR) is 149 cm³/mol. The van der Waals surface area contributed by atoms with Crippen molar-refractivity contribution < 1.29 is 4.74 Å². The predicted octanol–water partition coefficient (Wildman–Crippen LogP) is 9.16. The number of hydrogen-bond donors (Lipinski definition) is 0. The quantitative estimate of drug-likeness (QED) is 0.217. The van der Waals surface area contributed by atoms with Gasteiger partial charge in [-0.25, -0.2) is 0 Å². The monoisotopic (exact) mass is 468 g/mol. The highest BCUT2D eigenvalue weighted by Crippen LogP contribution is 2.36. The molecule has 0 aliphatic heterocycles. The van der Waals surface area contributed by atoms with Crippen LogP contribution in [0, 0.1) is 5.92 Å². The zero-order valence-corrected chi connectivity index (χ0v) is 21.2. The first-order valence-electron chi connectivity index (χ1n) is 12.7. The molecular formula is C32H36OS. The lowest BCUT2D eigenvalue weighted by Crippen LogP contribution is -2.10. The first kappa shape index (κ1) is 24.4. The Labute approximate surface area is 210 Å². The van der Waals surface area contributed by atoms with Gasteiger partial charge in [0.1, 0.15) is 5.75 Å². The Morgan fingerprint density at radius 2 is 1.32 bits per heavy atom. The molecule has 1 aliphatic carbocycles. The fourth-order valence-electron chi connectivity index (χ4n) is 5.21. The normalized spacial score (nSPS) is 15.0. The Balaban J connectivity index is 1.63. The summed E-state index contributed by atoms with van der Waals surface area (Å²) < 4.78 is 5.42. The lowest BCUT2D eigenvalue weighted by molar-refractivity contribution is 0.368. The molecule has 4 rings (SSSR count). The molecule has 0 N–H and O–H groups in total. The van der Waals surface area contributed by atoms with Gasteiger partial charge >= 0.3 is 0 Å². The molecule has 0 saturated heterocycles. The lowest BCUT2D eigenvalue weighted by Gasteiger charge is -2.22. The van der Waals surface area contributed by atoms with E-state index in [1.54, 1.807) is 7.11 Å². The minimum absolute atomic E-state index is 0.824. The van der Waals surface area contributed by atoms with Gasteiger partial charge in [-0.1, -0.05) is 117 Å². The first-order valence-corrected chi connectivity index (χ1v) is 13.2. The second-order valence-corrected chi connectivity index (χ2v) is 9.99. The molecule has 3 aromatic rings. The number of ether oxygens (including phenoxy) is 1. The van der Waals surface area contributed by atoms with Gasteiger partial charge in [-0.15, -0.1) is 0 Å². The summed E-state index contributed by atoms with van der Waals surface area (Å²) in [6.45, 7) is 0. The molecule has 34 heavy (non-hydrogen) atoms. The van der Waals surface area contributed by atoms with Crippen LogP contribution in [0.25, 0.3) is 11.1 Å².